The van der Waals surface area contributed by atoms with E-state index in [1.165, 1.54) is 0 Å². The first-order chi connectivity index (χ1) is 10.5. The van der Waals surface area contributed by atoms with Crippen molar-refractivity contribution in [1.29, 1.82) is 0 Å². The zero-order valence-corrected chi connectivity index (χ0v) is 14.5. The molecule has 2 unspecified atom stereocenters. The highest BCUT2D eigenvalue weighted by Gasteiger charge is 2.18. The van der Waals surface area contributed by atoms with Gasteiger partial charge in [-0.2, -0.15) is 11.8 Å². The Bertz CT molecular complexity index is 621. The fraction of sp³-hybridized carbons (Fsp3) is 0.375. The molecule has 0 radical (unpaired) electrons. The molecule has 4 nitrogen and oxygen atoms in total. The molecule has 0 aliphatic rings. The Kier molecular flexibility index (Phi) is 5.99. The number of aryl methyl sites for hydroxylation is 1. The average molecular weight is 336 g/mol. The van der Waals surface area contributed by atoms with Crippen molar-refractivity contribution in [1.82, 2.24) is 10.3 Å². The van der Waals surface area contributed by atoms with Crippen molar-refractivity contribution in [3.8, 4) is 10.6 Å². The highest BCUT2D eigenvalue weighted by molar-refractivity contribution is 7.99. The minimum atomic E-state index is -0.123. The predicted octanol–water partition coefficient (Wildman–Crippen LogP) is 2.96. The minimum Gasteiger partial charge on any atom is -0.395 e. The Morgan fingerprint density at radius 3 is 2.59 bits per heavy atom. The van der Waals surface area contributed by atoms with Gasteiger partial charge in [0.2, 0.25) is 0 Å². The number of carbonyl (C=O) groups is 1. The Balaban J connectivity index is 2.05. The van der Waals surface area contributed by atoms with E-state index in [9.17, 15) is 9.90 Å². The molecule has 0 saturated heterocycles. The largest absolute Gasteiger partial charge is 0.395 e. The van der Waals surface area contributed by atoms with Gasteiger partial charge in [-0.05, 0) is 32.2 Å². The second kappa shape index (κ2) is 7.76. The number of benzene rings is 1. The number of carbonyl (C=O) groups excluding carboxylic acids is 1. The zero-order chi connectivity index (χ0) is 16.1. The molecule has 0 aliphatic carbocycles. The van der Waals surface area contributed by atoms with Crippen molar-refractivity contribution in [2.45, 2.75) is 25.1 Å². The average Bonchev–Trinajstić information content (AvgIpc) is 2.95. The number of aromatic nitrogens is 1. The third-order valence-electron chi connectivity index (χ3n) is 3.41. The number of rotatable bonds is 6. The molecule has 1 amide bonds. The smallest absolute Gasteiger partial charge is 0.251 e. The first-order valence-electron chi connectivity index (χ1n) is 7.02. The molecule has 6 heteroatoms. The van der Waals surface area contributed by atoms with Gasteiger partial charge < -0.3 is 10.4 Å². The molecule has 0 bridgehead atoms. The van der Waals surface area contributed by atoms with Gasteiger partial charge in [-0.1, -0.05) is 12.1 Å². The van der Waals surface area contributed by atoms with Crippen molar-refractivity contribution in [2.75, 3.05) is 12.9 Å². The number of nitrogens with one attached hydrogen (secondary N) is 1. The lowest BCUT2D eigenvalue weighted by Crippen LogP contribution is -2.41. The van der Waals surface area contributed by atoms with Crippen LogP contribution in [0.1, 0.15) is 23.0 Å². The van der Waals surface area contributed by atoms with Gasteiger partial charge in [-0.15, -0.1) is 11.3 Å². The standard InChI is InChI=1S/C16H20N2O2S2/c1-10-9-22-16(17-10)13-6-4-12(5-7-13)15(20)18-11(2)14(8-19)21-3/h4-7,9,11,14,19H,8H2,1-3H3,(H,18,20). The highest BCUT2D eigenvalue weighted by atomic mass is 32.2. The van der Waals surface area contributed by atoms with E-state index in [1.54, 1.807) is 35.2 Å². The molecule has 2 rings (SSSR count). The van der Waals surface area contributed by atoms with Crippen LogP contribution in [0, 0.1) is 6.92 Å². The molecule has 22 heavy (non-hydrogen) atoms. The van der Waals surface area contributed by atoms with Gasteiger partial charge in [0.1, 0.15) is 5.01 Å². The van der Waals surface area contributed by atoms with Gasteiger partial charge in [0.25, 0.3) is 5.91 Å². The summed E-state index contributed by atoms with van der Waals surface area (Å²) < 4.78 is 0. The van der Waals surface area contributed by atoms with Gasteiger partial charge in [0.15, 0.2) is 0 Å². The number of hydrogen-bond acceptors (Lipinski definition) is 5. The van der Waals surface area contributed by atoms with Gasteiger partial charge in [-0.3, -0.25) is 4.79 Å². The van der Waals surface area contributed by atoms with Crippen molar-refractivity contribution in [3.63, 3.8) is 0 Å². The fourth-order valence-electron chi connectivity index (χ4n) is 2.07. The quantitative estimate of drug-likeness (QED) is 0.851. The van der Waals surface area contributed by atoms with Crippen molar-refractivity contribution in [3.05, 3.63) is 40.9 Å². The van der Waals surface area contributed by atoms with E-state index in [-0.39, 0.29) is 23.8 Å². The summed E-state index contributed by atoms with van der Waals surface area (Å²) in [5, 5.41) is 15.2. The maximum Gasteiger partial charge on any atom is 0.251 e. The predicted molar refractivity (Wildman–Crippen MR) is 93.6 cm³/mol. The van der Waals surface area contributed by atoms with E-state index in [0.29, 0.717) is 5.56 Å². The molecule has 0 saturated carbocycles. The van der Waals surface area contributed by atoms with Crippen LogP contribution in [0.5, 0.6) is 0 Å². The van der Waals surface area contributed by atoms with E-state index >= 15 is 0 Å². The van der Waals surface area contributed by atoms with Crippen LogP contribution in [0.3, 0.4) is 0 Å². The zero-order valence-electron chi connectivity index (χ0n) is 12.9. The lowest BCUT2D eigenvalue weighted by atomic mass is 10.1. The molecule has 2 N–H and O–H groups in total. The van der Waals surface area contributed by atoms with E-state index in [4.69, 9.17) is 0 Å². The van der Waals surface area contributed by atoms with Gasteiger partial charge in [0.05, 0.1) is 6.61 Å². The van der Waals surface area contributed by atoms with Crippen LogP contribution in [-0.4, -0.2) is 40.2 Å². The van der Waals surface area contributed by atoms with Gasteiger partial charge in [0, 0.05) is 33.5 Å². The maximum atomic E-state index is 12.2. The Hall–Kier alpha value is -1.37. The molecule has 0 spiro atoms. The normalized spacial score (nSPS) is 13.6. The van der Waals surface area contributed by atoms with E-state index in [2.05, 4.69) is 10.3 Å². The van der Waals surface area contributed by atoms with Gasteiger partial charge >= 0.3 is 0 Å². The Morgan fingerprint density at radius 2 is 2.09 bits per heavy atom. The summed E-state index contributed by atoms with van der Waals surface area (Å²) in [5.41, 5.74) is 2.63. The summed E-state index contributed by atoms with van der Waals surface area (Å²) in [6, 6.07) is 7.35. The second-order valence-electron chi connectivity index (χ2n) is 5.09. The van der Waals surface area contributed by atoms with Crippen LogP contribution in [0.4, 0.5) is 0 Å². The fourth-order valence-corrected chi connectivity index (χ4v) is 3.50. The molecule has 2 atom stereocenters. The molecule has 1 heterocycles. The molecule has 1 aromatic carbocycles. The van der Waals surface area contributed by atoms with Crippen LogP contribution >= 0.6 is 23.1 Å². The number of nitrogens with zero attached hydrogens (tertiary/aromatic N) is 1. The second-order valence-corrected chi connectivity index (χ2v) is 7.03. The number of thiazole rings is 1. The van der Waals surface area contributed by atoms with Crippen molar-refractivity contribution >= 4 is 29.0 Å². The lowest BCUT2D eigenvalue weighted by molar-refractivity contribution is 0.0936. The molecular weight excluding hydrogens is 316 g/mol. The summed E-state index contributed by atoms with van der Waals surface area (Å²) in [6.45, 7) is 3.92. The summed E-state index contributed by atoms with van der Waals surface area (Å²) >= 11 is 3.14. The lowest BCUT2D eigenvalue weighted by Gasteiger charge is -2.21. The summed E-state index contributed by atoms with van der Waals surface area (Å²) in [6.07, 6.45) is 1.92. The third-order valence-corrected chi connectivity index (χ3v) is 5.58. The highest BCUT2D eigenvalue weighted by Crippen LogP contribution is 2.23. The van der Waals surface area contributed by atoms with E-state index in [0.717, 1.165) is 16.3 Å². The summed E-state index contributed by atoms with van der Waals surface area (Å²) in [4.78, 5) is 16.7. The van der Waals surface area contributed by atoms with Crippen LogP contribution in [0.2, 0.25) is 0 Å². The number of hydrogen-bond donors (Lipinski definition) is 2. The summed E-state index contributed by atoms with van der Waals surface area (Å²) in [5.74, 6) is -0.123. The first-order valence-corrected chi connectivity index (χ1v) is 9.19. The number of amides is 1. The first kappa shape index (κ1) is 17.0. The number of aliphatic hydroxyl groups is 1. The van der Waals surface area contributed by atoms with Crippen LogP contribution in [0.15, 0.2) is 29.6 Å². The topological polar surface area (TPSA) is 62.2 Å². The molecule has 0 fully saturated rings. The maximum absolute atomic E-state index is 12.2. The van der Waals surface area contributed by atoms with Crippen LogP contribution in [0.25, 0.3) is 10.6 Å². The molecular formula is C16H20N2O2S2. The molecule has 0 aliphatic heterocycles. The number of thioether (sulfide) groups is 1. The molecule has 118 valence electrons. The van der Waals surface area contributed by atoms with Crippen molar-refractivity contribution < 1.29 is 9.90 Å². The monoisotopic (exact) mass is 336 g/mol. The van der Waals surface area contributed by atoms with E-state index in [1.807, 2.05) is 37.6 Å². The van der Waals surface area contributed by atoms with Crippen molar-refractivity contribution in [2.24, 2.45) is 0 Å². The SMILES string of the molecule is CSC(CO)C(C)NC(=O)c1ccc(-c2nc(C)cs2)cc1. The minimum absolute atomic E-state index is 0.00140. The van der Waals surface area contributed by atoms with E-state index < -0.39 is 0 Å². The molecule has 2 aromatic rings. The Labute approximate surface area is 139 Å². The van der Waals surface area contributed by atoms with Gasteiger partial charge in [-0.25, -0.2) is 4.98 Å². The third kappa shape index (κ3) is 4.09. The number of aliphatic hydroxyl groups excluding tert-OH is 1. The Morgan fingerprint density at radius 1 is 1.41 bits per heavy atom. The molecule has 1 aromatic heterocycles. The van der Waals surface area contributed by atoms with Crippen LogP contribution < -0.4 is 5.32 Å². The summed E-state index contributed by atoms with van der Waals surface area (Å²) in [7, 11) is 0. The van der Waals surface area contributed by atoms with Crippen LogP contribution in [-0.2, 0) is 0 Å².